The van der Waals surface area contributed by atoms with Gasteiger partial charge in [-0.1, -0.05) is 0 Å². The van der Waals surface area contributed by atoms with E-state index < -0.39 is 23.9 Å². The van der Waals surface area contributed by atoms with Crippen molar-refractivity contribution in [1.29, 1.82) is 0 Å². The van der Waals surface area contributed by atoms with E-state index in [9.17, 15) is 14.4 Å². The number of aliphatic carboxylic acids is 1. The number of nitrogens with two attached hydrogens (primary N) is 2. The van der Waals surface area contributed by atoms with Crippen LogP contribution in [0.5, 0.6) is 0 Å². The van der Waals surface area contributed by atoms with Gasteiger partial charge in [-0.05, 0) is 12.8 Å². The van der Waals surface area contributed by atoms with Crippen LogP contribution in [0.3, 0.4) is 0 Å². The number of nitrogens with zero attached hydrogens (tertiary/aromatic N) is 1. The van der Waals surface area contributed by atoms with Gasteiger partial charge in [0.25, 0.3) is 0 Å². The van der Waals surface area contributed by atoms with Gasteiger partial charge >= 0.3 is 12.0 Å². The van der Waals surface area contributed by atoms with E-state index in [0.29, 0.717) is 19.5 Å². The van der Waals surface area contributed by atoms with Crippen molar-refractivity contribution in [3.05, 3.63) is 0 Å². The Morgan fingerprint density at radius 3 is 2.56 bits per heavy atom. The highest BCUT2D eigenvalue weighted by molar-refractivity contribution is 5.83. The molecule has 1 aliphatic heterocycles. The van der Waals surface area contributed by atoms with Gasteiger partial charge < -0.3 is 26.8 Å². The zero-order chi connectivity index (χ0) is 13.7. The predicted octanol–water partition coefficient (Wildman–Crippen LogP) is -1.55. The predicted molar refractivity (Wildman–Crippen MR) is 62.5 cm³/mol. The molecular formula is C10H18N4O4. The summed E-state index contributed by atoms with van der Waals surface area (Å²) in [6.45, 7) is 0.920. The van der Waals surface area contributed by atoms with Crippen LogP contribution in [0.4, 0.5) is 4.79 Å². The highest BCUT2D eigenvalue weighted by atomic mass is 16.4. The number of likely N-dealkylation sites (tertiary alicyclic amines) is 1. The molecule has 2 unspecified atom stereocenters. The minimum atomic E-state index is -1.19. The van der Waals surface area contributed by atoms with Crippen LogP contribution in [0.25, 0.3) is 0 Å². The fourth-order valence-corrected chi connectivity index (χ4v) is 1.76. The summed E-state index contributed by atoms with van der Waals surface area (Å²) < 4.78 is 0. The van der Waals surface area contributed by atoms with E-state index in [1.54, 1.807) is 0 Å². The third kappa shape index (κ3) is 4.21. The van der Waals surface area contributed by atoms with Crippen LogP contribution in [0.1, 0.15) is 19.3 Å². The Morgan fingerprint density at radius 2 is 2.11 bits per heavy atom. The average molecular weight is 258 g/mol. The molecule has 3 amide bonds. The molecule has 0 saturated carbocycles. The lowest BCUT2D eigenvalue weighted by molar-refractivity contribution is -0.139. The Labute approximate surface area is 104 Å². The van der Waals surface area contributed by atoms with E-state index in [-0.39, 0.29) is 18.9 Å². The number of amides is 3. The Hall–Kier alpha value is -1.83. The lowest BCUT2D eigenvalue weighted by Gasteiger charge is -2.20. The van der Waals surface area contributed by atoms with Crippen molar-refractivity contribution in [3.8, 4) is 0 Å². The summed E-state index contributed by atoms with van der Waals surface area (Å²) in [7, 11) is 0. The maximum absolute atomic E-state index is 11.7. The van der Waals surface area contributed by atoms with Crippen LogP contribution in [0, 0.1) is 0 Å². The largest absolute Gasteiger partial charge is 0.480 e. The summed E-state index contributed by atoms with van der Waals surface area (Å²) in [6, 6.07) is -1.65. The van der Waals surface area contributed by atoms with Gasteiger partial charge in [0.15, 0.2) is 0 Å². The Morgan fingerprint density at radius 1 is 1.44 bits per heavy atom. The fourth-order valence-electron chi connectivity index (χ4n) is 1.76. The van der Waals surface area contributed by atoms with Crippen LogP contribution in [-0.4, -0.2) is 53.1 Å². The summed E-state index contributed by atoms with van der Waals surface area (Å²) in [4.78, 5) is 34.7. The molecule has 8 heteroatoms. The summed E-state index contributed by atoms with van der Waals surface area (Å²) in [5.74, 6) is -1.79. The molecule has 1 rings (SSSR count). The molecule has 8 nitrogen and oxygen atoms in total. The summed E-state index contributed by atoms with van der Waals surface area (Å²) >= 11 is 0. The van der Waals surface area contributed by atoms with Crippen LogP contribution in [0.15, 0.2) is 0 Å². The summed E-state index contributed by atoms with van der Waals surface area (Å²) in [5.41, 5.74) is 10.6. The molecule has 1 fully saturated rings. The van der Waals surface area contributed by atoms with E-state index >= 15 is 0 Å². The number of hydrogen-bond donors (Lipinski definition) is 4. The maximum Gasteiger partial charge on any atom is 0.326 e. The third-order valence-corrected chi connectivity index (χ3v) is 2.79. The second-order valence-electron chi connectivity index (χ2n) is 4.34. The van der Waals surface area contributed by atoms with Gasteiger partial charge in [-0.2, -0.15) is 0 Å². The van der Waals surface area contributed by atoms with Crippen molar-refractivity contribution in [2.24, 2.45) is 11.5 Å². The van der Waals surface area contributed by atoms with E-state index in [1.807, 2.05) is 0 Å². The van der Waals surface area contributed by atoms with Gasteiger partial charge in [-0.3, -0.25) is 4.79 Å². The number of carboxylic acid groups (broad SMARTS) is 1. The molecule has 18 heavy (non-hydrogen) atoms. The van der Waals surface area contributed by atoms with Crippen LogP contribution < -0.4 is 16.8 Å². The number of carboxylic acids is 1. The van der Waals surface area contributed by atoms with Gasteiger partial charge in [0.1, 0.15) is 6.04 Å². The van der Waals surface area contributed by atoms with Gasteiger partial charge in [0.2, 0.25) is 5.91 Å². The van der Waals surface area contributed by atoms with Gasteiger partial charge in [0, 0.05) is 25.6 Å². The second kappa shape index (κ2) is 6.20. The quantitative estimate of drug-likeness (QED) is 0.472. The first-order valence-electron chi connectivity index (χ1n) is 5.72. The Balaban J connectivity index is 2.47. The molecule has 6 N–H and O–H groups in total. The normalized spacial score (nSPS) is 20.5. The number of nitrogens with one attached hydrogen (secondary N) is 1. The van der Waals surface area contributed by atoms with Crippen LogP contribution in [-0.2, 0) is 9.59 Å². The number of hydrogen-bond acceptors (Lipinski definition) is 4. The first-order valence-corrected chi connectivity index (χ1v) is 5.72. The van der Waals surface area contributed by atoms with Crippen LogP contribution in [0.2, 0.25) is 0 Å². The van der Waals surface area contributed by atoms with E-state index in [0.717, 1.165) is 0 Å². The molecule has 0 aromatic carbocycles. The fraction of sp³-hybridized carbons (Fsp3) is 0.700. The number of rotatable bonds is 5. The third-order valence-electron chi connectivity index (χ3n) is 2.79. The molecule has 1 aliphatic rings. The monoisotopic (exact) mass is 258 g/mol. The van der Waals surface area contributed by atoms with Gasteiger partial charge in [-0.15, -0.1) is 0 Å². The van der Waals surface area contributed by atoms with Gasteiger partial charge in [-0.25, -0.2) is 9.59 Å². The molecular weight excluding hydrogens is 240 g/mol. The van der Waals surface area contributed by atoms with Crippen molar-refractivity contribution >= 4 is 17.9 Å². The minimum absolute atomic E-state index is 0.0176. The number of urea groups is 1. The van der Waals surface area contributed by atoms with Crippen molar-refractivity contribution < 1.29 is 19.5 Å². The second-order valence-corrected chi connectivity index (χ2v) is 4.34. The first kappa shape index (κ1) is 14.2. The highest BCUT2D eigenvalue weighted by Crippen LogP contribution is 2.08. The van der Waals surface area contributed by atoms with Gasteiger partial charge in [0.05, 0.1) is 0 Å². The summed E-state index contributed by atoms with van der Waals surface area (Å²) in [6.07, 6.45) is 0.597. The zero-order valence-corrected chi connectivity index (χ0v) is 9.96. The topological polar surface area (TPSA) is 139 Å². The number of carbonyl (C=O) groups excluding carboxylic acids is 2. The zero-order valence-electron chi connectivity index (χ0n) is 9.96. The molecule has 1 saturated heterocycles. The molecule has 0 spiro atoms. The standard InChI is InChI=1S/C10H18N4O4/c11-6-3-4-14(5-6)10(18)13-7(9(16)17)1-2-8(12)15/h6-7H,1-5,11H2,(H2,12,15)(H,13,18)(H,16,17). The molecule has 0 bridgehead atoms. The molecule has 102 valence electrons. The Kier molecular flexibility index (Phi) is 4.90. The average Bonchev–Trinajstić information content (AvgIpc) is 2.70. The SMILES string of the molecule is NC(=O)CCC(NC(=O)N1CCC(N)C1)C(=O)O. The Bertz CT molecular complexity index is 347. The van der Waals surface area contributed by atoms with E-state index in [2.05, 4.69) is 5.32 Å². The lowest BCUT2D eigenvalue weighted by atomic mass is 10.1. The van der Waals surface area contributed by atoms with Crippen molar-refractivity contribution in [3.63, 3.8) is 0 Å². The molecule has 0 aliphatic carbocycles. The summed E-state index contributed by atoms with van der Waals surface area (Å²) in [5, 5.41) is 11.3. The lowest BCUT2D eigenvalue weighted by Crippen LogP contribution is -2.48. The van der Waals surface area contributed by atoms with E-state index in [4.69, 9.17) is 16.6 Å². The molecule has 1 heterocycles. The van der Waals surface area contributed by atoms with Crippen LogP contribution >= 0.6 is 0 Å². The minimum Gasteiger partial charge on any atom is -0.480 e. The smallest absolute Gasteiger partial charge is 0.326 e. The number of primary amides is 1. The first-order chi connectivity index (χ1) is 8.40. The van der Waals surface area contributed by atoms with E-state index in [1.165, 1.54) is 4.90 Å². The molecule has 2 atom stereocenters. The van der Waals surface area contributed by atoms with Crippen molar-refractivity contribution in [2.45, 2.75) is 31.3 Å². The molecule has 0 radical (unpaired) electrons. The molecule has 0 aromatic rings. The molecule has 0 aromatic heterocycles. The highest BCUT2D eigenvalue weighted by Gasteiger charge is 2.27. The van der Waals surface area contributed by atoms with Crippen molar-refractivity contribution in [1.82, 2.24) is 10.2 Å². The number of carbonyl (C=O) groups is 3. The van der Waals surface area contributed by atoms with Crippen molar-refractivity contribution in [2.75, 3.05) is 13.1 Å². The maximum atomic E-state index is 11.7.